The topological polar surface area (TPSA) is 42.0 Å². The molecular formula is C22H22N2OS. The predicted molar refractivity (Wildman–Crippen MR) is 110 cm³/mol. The maximum atomic E-state index is 12.1. The van der Waals surface area contributed by atoms with E-state index in [-0.39, 0.29) is 11.3 Å². The Morgan fingerprint density at radius 1 is 1.04 bits per heavy atom. The van der Waals surface area contributed by atoms with E-state index in [2.05, 4.69) is 43.2 Å². The number of hydrogen-bond donors (Lipinski definition) is 1. The van der Waals surface area contributed by atoms with E-state index in [9.17, 15) is 4.79 Å². The van der Waals surface area contributed by atoms with Gasteiger partial charge in [0.15, 0.2) is 5.13 Å². The van der Waals surface area contributed by atoms with E-state index in [1.807, 2.05) is 53.9 Å². The highest BCUT2D eigenvalue weighted by molar-refractivity contribution is 7.14. The Hall–Kier alpha value is -2.72. The Balaban J connectivity index is 1.62. The van der Waals surface area contributed by atoms with Gasteiger partial charge >= 0.3 is 0 Å². The first kappa shape index (κ1) is 18.1. The Labute approximate surface area is 158 Å². The molecule has 1 aromatic heterocycles. The van der Waals surface area contributed by atoms with Crippen LogP contribution >= 0.6 is 11.3 Å². The van der Waals surface area contributed by atoms with E-state index >= 15 is 0 Å². The van der Waals surface area contributed by atoms with Gasteiger partial charge in [0.2, 0.25) is 5.91 Å². The molecule has 2 aromatic carbocycles. The van der Waals surface area contributed by atoms with Gasteiger partial charge in [-0.15, -0.1) is 11.3 Å². The average molecular weight is 362 g/mol. The lowest BCUT2D eigenvalue weighted by Crippen LogP contribution is -2.10. The quantitative estimate of drug-likeness (QED) is 0.600. The van der Waals surface area contributed by atoms with Gasteiger partial charge in [-0.25, -0.2) is 4.98 Å². The first-order chi connectivity index (χ1) is 12.4. The van der Waals surface area contributed by atoms with Gasteiger partial charge in [0.05, 0.1) is 5.69 Å². The molecule has 0 aliphatic heterocycles. The third kappa shape index (κ3) is 4.67. The molecule has 3 rings (SSSR count). The Morgan fingerprint density at radius 2 is 1.73 bits per heavy atom. The van der Waals surface area contributed by atoms with Gasteiger partial charge in [0.1, 0.15) is 0 Å². The number of amides is 1. The van der Waals surface area contributed by atoms with Crippen LogP contribution in [0.1, 0.15) is 31.9 Å². The van der Waals surface area contributed by atoms with E-state index in [1.165, 1.54) is 23.0 Å². The minimum atomic E-state index is -0.182. The zero-order chi connectivity index (χ0) is 18.6. The van der Waals surface area contributed by atoms with Crippen molar-refractivity contribution in [1.29, 1.82) is 0 Å². The monoisotopic (exact) mass is 362 g/mol. The molecule has 3 nitrogen and oxygen atoms in total. The van der Waals surface area contributed by atoms with Crippen molar-refractivity contribution in [2.45, 2.75) is 26.2 Å². The van der Waals surface area contributed by atoms with Crippen molar-refractivity contribution in [2.75, 3.05) is 5.32 Å². The van der Waals surface area contributed by atoms with Crippen LogP contribution in [0, 0.1) is 0 Å². The number of rotatable bonds is 4. The fourth-order valence-electron chi connectivity index (χ4n) is 2.49. The van der Waals surface area contributed by atoms with Crippen molar-refractivity contribution in [3.63, 3.8) is 0 Å². The number of thiazole rings is 1. The number of nitrogens with zero attached hydrogens (tertiary/aromatic N) is 1. The second-order valence-corrected chi connectivity index (χ2v) is 7.96. The van der Waals surface area contributed by atoms with Gasteiger partial charge in [-0.1, -0.05) is 75.4 Å². The van der Waals surface area contributed by atoms with Crippen molar-refractivity contribution >= 4 is 28.5 Å². The molecule has 0 atom stereocenters. The van der Waals surface area contributed by atoms with Crippen LogP contribution in [0.25, 0.3) is 17.3 Å². The van der Waals surface area contributed by atoms with Crippen LogP contribution in [0.3, 0.4) is 0 Å². The Bertz CT molecular complexity index is 903. The number of anilines is 1. The number of nitrogens with one attached hydrogen (secondary N) is 1. The standard InChI is InChI=1S/C22H22N2OS/c1-22(2,3)18-12-9-16(10-13-18)11-14-20(25)24-21-23-19(15-26-21)17-7-5-4-6-8-17/h4-15H,1-3H3,(H,23,24,25)/b14-11+. The maximum Gasteiger partial charge on any atom is 0.250 e. The number of carbonyl (C=O) groups is 1. The van der Waals surface area contributed by atoms with Gasteiger partial charge in [-0.05, 0) is 22.6 Å². The van der Waals surface area contributed by atoms with Crippen LogP contribution < -0.4 is 5.32 Å². The van der Waals surface area contributed by atoms with Crippen LogP contribution in [0.5, 0.6) is 0 Å². The predicted octanol–water partition coefficient (Wildman–Crippen LogP) is 5.76. The first-order valence-electron chi connectivity index (χ1n) is 8.52. The maximum absolute atomic E-state index is 12.1. The van der Waals surface area contributed by atoms with Crippen LogP contribution in [-0.2, 0) is 10.2 Å². The minimum Gasteiger partial charge on any atom is -0.298 e. The molecule has 1 heterocycles. The van der Waals surface area contributed by atoms with E-state index in [4.69, 9.17) is 0 Å². The fraction of sp³-hybridized carbons (Fsp3) is 0.182. The molecule has 1 N–H and O–H groups in total. The summed E-state index contributed by atoms with van der Waals surface area (Å²) in [6.45, 7) is 6.55. The summed E-state index contributed by atoms with van der Waals surface area (Å²) in [7, 11) is 0. The minimum absolute atomic E-state index is 0.126. The number of benzene rings is 2. The van der Waals surface area contributed by atoms with Crippen LogP contribution in [0.4, 0.5) is 5.13 Å². The largest absolute Gasteiger partial charge is 0.298 e. The molecule has 0 aliphatic rings. The summed E-state index contributed by atoms with van der Waals surface area (Å²) < 4.78 is 0. The van der Waals surface area contributed by atoms with E-state index < -0.39 is 0 Å². The highest BCUT2D eigenvalue weighted by Crippen LogP contribution is 2.25. The molecule has 0 spiro atoms. The molecular weight excluding hydrogens is 340 g/mol. The molecule has 0 aliphatic carbocycles. The Morgan fingerprint density at radius 3 is 2.38 bits per heavy atom. The smallest absolute Gasteiger partial charge is 0.250 e. The lowest BCUT2D eigenvalue weighted by molar-refractivity contribution is -0.111. The summed E-state index contributed by atoms with van der Waals surface area (Å²) >= 11 is 1.42. The van der Waals surface area contributed by atoms with Crippen molar-refractivity contribution in [1.82, 2.24) is 4.98 Å². The lowest BCUT2D eigenvalue weighted by Gasteiger charge is -2.18. The molecule has 132 valence electrons. The van der Waals surface area contributed by atoms with E-state index in [1.54, 1.807) is 0 Å². The van der Waals surface area contributed by atoms with Gasteiger partial charge in [-0.3, -0.25) is 10.1 Å². The Kier molecular flexibility index (Phi) is 5.33. The van der Waals surface area contributed by atoms with Crippen molar-refractivity contribution < 1.29 is 4.79 Å². The molecule has 3 aromatic rings. The summed E-state index contributed by atoms with van der Waals surface area (Å²) in [5.74, 6) is -0.182. The van der Waals surface area contributed by atoms with Gasteiger partial charge in [0, 0.05) is 17.0 Å². The lowest BCUT2D eigenvalue weighted by atomic mass is 9.87. The van der Waals surface area contributed by atoms with Crippen LogP contribution in [0.2, 0.25) is 0 Å². The second kappa shape index (κ2) is 7.67. The molecule has 0 radical (unpaired) electrons. The molecule has 0 unspecified atom stereocenters. The number of hydrogen-bond acceptors (Lipinski definition) is 3. The summed E-state index contributed by atoms with van der Waals surface area (Å²) in [5.41, 5.74) is 4.31. The average Bonchev–Trinajstić information content (AvgIpc) is 3.09. The number of aromatic nitrogens is 1. The third-order valence-electron chi connectivity index (χ3n) is 4.01. The fourth-order valence-corrected chi connectivity index (χ4v) is 3.21. The molecule has 0 fully saturated rings. The molecule has 0 saturated carbocycles. The normalized spacial score (nSPS) is 11.7. The highest BCUT2D eigenvalue weighted by Gasteiger charge is 2.12. The first-order valence-corrected chi connectivity index (χ1v) is 9.40. The molecule has 0 bridgehead atoms. The van der Waals surface area contributed by atoms with E-state index in [0.717, 1.165) is 16.8 Å². The summed E-state index contributed by atoms with van der Waals surface area (Å²) in [5, 5.41) is 5.36. The SMILES string of the molecule is CC(C)(C)c1ccc(/C=C/C(=O)Nc2nc(-c3ccccc3)cs2)cc1. The van der Waals surface area contributed by atoms with Gasteiger partial charge < -0.3 is 0 Å². The molecule has 0 saturated heterocycles. The number of carbonyl (C=O) groups excluding carboxylic acids is 1. The zero-order valence-corrected chi connectivity index (χ0v) is 16.0. The summed E-state index contributed by atoms with van der Waals surface area (Å²) in [4.78, 5) is 16.6. The van der Waals surface area contributed by atoms with Crippen molar-refractivity contribution in [3.05, 3.63) is 77.2 Å². The zero-order valence-electron chi connectivity index (χ0n) is 15.2. The van der Waals surface area contributed by atoms with Gasteiger partial charge in [-0.2, -0.15) is 0 Å². The second-order valence-electron chi connectivity index (χ2n) is 7.10. The third-order valence-corrected chi connectivity index (χ3v) is 4.77. The molecule has 26 heavy (non-hydrogen) atoms. The summed E-state index contributed by atoms with van der Waals surface area (Å²) in [6, 6.07) is 18.2. The van der Waals surface area contributed by atoms with Crippen molar-refractivity contribution in [3.8, 4) is 11.3 Å². The molecule has 1 amide bonds. The van der Waals surface area contributed by atoms with Crippen LogP contribution in [0.15, 0.2) is 66.1 Å². The van der Waals surface area contributed by atoms with Crippen LogP contribution in [-0.4, -0.2) is 10.9 Å². The summed E-state index contributed by atoms with van der Waals surface area (Å²) in [6.07, 6.45) is 3.35. The molecule has 4 heteroatoms. The highest BCUT2D eigenvalue weighted by atomic mass is 32.1. The van der Waals surface area contributed by atoms with Gasteiger partial charge in [0.25, 0.3) is 0 Å². The van der Waals surface area contributed by atoms with E-state index in [0.29, 0.717) is 5.13 Å². The van der Waals surface area contributed by atoms with Crippen molar-refractivity contribution in [2.24, 2.45) is 0 Å².